The number of urea groups is 1. The van der Waals surface area contributed by atoms with E-state index in [1.807, 2.05) is 36.5 Å². The molecular formula is C32H50N8O4. The van der Waals surface area contributed by atoms with Gasteiger partial charge >= 0.3 is 6.03 Å². The van der Waals surface area contributed by atoms with Gasteiger partial charge in [0.2, 0.25) is 0 Å². The highest BCUT2D eigenvalue weighted by atomic mass is 16.6. The minimum absolute atomic E-state index is 0.0548. The predicted molar refractivity (Wildman–Crippen MR) is 174 cm³/mol. The molecule has 4 atom stereocenters. The van der Waals surface area contributed by atoms with Gasteiger partial charge in [0.15, 0.2) is 6.23 Å². The number of aliphatic hydroxyl groups excluding tert-OH is 2. The molecule has 1 aliphatic heterocycles. The largest absolute Gasteiger partial charge is 0.387 e. The van der Waals surface area contributed by atoms with Gasteiger partial charge in [-0.15, -0.1) is 0 Å². The summed E-state index contributed by atoms with van der Waals surface area (Å²) in [4.78, 5) is 23.4. The number of unbranched alkanes of at least 4 members (excludes halogenated alkanes) is 1. The molecule has 1 fully saturated rings. The van der Waals surface area contributed by atoms with Crippen LogP contribution in [0.5, 0.6) is 0 Å². The number of hydrogen-bond acceptors (Lipinski definition) is 9. The van der Waals surface area contributed by atoms with Crippen molar-refractivity contribution in [2.45, 2.75) is 89.9 Å². The Kier molecular flexibility index (Phi) is 11.6. The van der Waals surface area contributed by atoms with Gasteiger partial charge in [0, 0.05) is 44.1 Å². The fourth-order valence-electron chi connectivity index (χ4n) is 5.41. The van der Waals surface area contributed by atoms with Crippen LogP contribution in [0.15, 0.2) is 42.9 Å². The van der Waals surface area contributed by atoms with Crippen molar-refractivity contribution in [2.24, 2.45) is 5.73 Å². The van der Waals surface area contributed by atoms with E-state index in [-0.39, 0.29) is 17.5 Å². The third-order valence-corrected chi connectivity index (χ3v) is 8.11. The van der Waals surface area contributed by atoms with Gasteiger partial charge in [0.1, 0.15) is 36.1 Å². The van der Waals surface area contributed by atoms with E-state index in [0.717, 1.165) is 30.5 Å². The Morgan fingerprint density at radius 2 is 1.82 bits per heavy atom. The highest BCUT2D eigenvalue weighted by Crippen LogP contribution is 2.34. The Morgan fingerprint density at radius 1 is 1.07 bits per heavy atom. The maximum atomic E-state index is 12.4. The zero-order valence-corrected chi connectivity index (χ0v) is 26.7. The van der Waals surface area contributed by atoms with Gasteiger partial charge in [0.05, 0.1) is 5.39 Å². The molecule has 7 N–H and O–H groups in total. The molecule has 0 bridgehead atoms. The van der Waals surface area contributed by atoms with Gasteiger partial charge in [-0.25, -0.2) is 14.8 Å². The van der Waals surface area contributed by atoms with Crippen molar-refractivity contribution in [2.75, 3.05) is 43.4 Å². The lowest BCUT2D eigenvalue weighted by Crippen LogP contribution is -2.44. The first-order valence-corrected chi connectivity index (χ1v) is 15.7. The number of ether oxygens (including phenoxy) is 1. The molecule has 44 heavy (non-hydrogen) atoms. The maximum absolute atomic E-state index is 12.4. The summed E-state index contributed by atoms with van der Waals surface area (Å²) in [5, 5.41) is 31.9. The van der Waals surface area contributed by atoms with E-state index in [1.54, 1.807) is 4.57 Å². The first-order valence-electron chi connectivity index (χ1n) is 15.7. The fourth-order valence-corrected chi connectivity index (χ4v) is 5.41. The highest BCUT2D eigenvalue weighted by molar-refractivity contribution is 5.89. The normalized spacial score (nSPS) is 20.5. The van der Waals surface area contributed by atoms with Crippen molar-refractivity contribution in [3.05, 3.63) is 48.4 Å². The Morgan fingerprint density at radius 3 is 2.50 bits per heavy atom. The van der Waals surface area contributed by atoms with Gasteiger partial charge in [-0.3, -0.25) is 4.90 Å². The van der Waals surface area contributed by atoms with Crippen LogP contribution in [-0.4, -0.2) is 92.8 Å². The summed E-state index contributed by atoms with van der Waals surface area (Å²) in [5.41, 5.74) is 8.22. The molecule has 4 rings (SSSR count). The average Bonchev–Trinajstić information content (AvgIpc) is 3.53. The molecule has 0 aliphatic carbocycles. The molecule has 12 nitrogen and oxygen atoms in total. The molecule has 242 valence electrons. The number of carbonyl (C=O) groups is 1. The van der Waals surface area contributed by atoms with Crippen molar-refractivity contribution in [1.82, 2.24) is 24.8 Å². The standard InChI is InChI=1S/C32H50N8O4/c1-21(2)39(17-8-16-35-31(43)38-23-11-9-22(10-12-23)32(3,4)5)19-25-26(41)27(42)30(44-25)40-18-13-24-28(34-15-7-6-14-33)36-20-37-29(24)40/h9-13,18,20-21,25-27,30,41-42H,6-8,14-17,19,33H2,1-5H3,(H,34,36,37)(H2,35,38,43)/t25-,26+,27+,30-/m1/s1. The quantitative estimate of drug-likeness (QED) is 0.150. The highest BCUT2D eigenvalue weighted by Gasteiger charge is 2.44. The molecular weight excluding hydrogens is 560 g/mol. The Balaban J connectivity index is 1.29. The third kappa shape index (κ3) is 8.45. The van der Waals surface area contributed by atoms with Crippen LogP contribution in [0.3, 0.4) is 0 Å². The molecule has 0 unspecified atom stereocenters. The maximum Gasteiger partial charge on any atom is 0.319 e. The van der Waals surface area contributed by atoms with Gasteiger partial charge < -0.3 is 41.2 Å². The lowest BCUT2D eigenvalue weighted by Gasteiger charge is -2.30. The number of nitrogens with two attached hydrogens (primary N) is 1. The van der Waals surface area contributed by atoms with E-state index in [1.165, 1.54) is 11.9 Å². The van der Waals surface area contributed by atoms with Gasteiger partial charge in [-0.1, -0.05) is 32.9 Å². The molecule has 12 heteroatoms. The average molecular weight is 611 g/mol. The van der Waals surface area contributed by atoms with E-state index in [0.29, 0.717) is 44.1 Å². The van der Waals surface area contributed by atoms with Crippen LogP contribution >= 0.6 is 0 Å². The number of fused-ring (bicyclic) bond motifs is 1. The lowest BCUT2D eigenvalue weighted by atomic mass is 9.87. The monoisotopic (exact) mass is 610 g/mol. The minimum atomic E-state index is -1.12. The summed E-state index contributed by atoms with van der Waals surface area (Å²) >= 11 is 0. The first kappa shape index (κ1) is 33.6. The van der Waals surface area contributed by atoms with Crippen LogP contribution in [0.4, 0.5) is 16.3 Å². The Bertz CT molecular complexity index is 1340. The number of nitrogens with one attached hydrogen (secondary N) is 3. The number of aliphatic hydroxyl groups is 2. The Labute approximate surface area is 260 Å². The van der Waals surface area contributed by atoms with E-state index in [9.17, 15) is 15.0 Å². The van der Waals surface area contributed by atoms with Crippen molar-refractivity contribution in [3.8, 4) is 0 Å². The van der Waals surface area contributed by atoms with Gasteiger partial charge in [0.25, 0.3) is 0 Å². The number of aromatic nitrogens is 3. The van der Waals surface area contributed by atoms with Crippen LogP contribution in [0.1, 0.15) is 65.7 Å². The number of anilines is 2. The number of benzene rings is 1. The lowest BCUT2D eigenvalue weighted by molar-refractivity contribution is -0.0465. The third-order valence-electron chi connectivity index (χ3n) is 8.11. The second-order valence-corrected chi connectivity index (χ2v) is 12.8. The van der Waals surface area contributed by atoms with E-state index >= 15 is 0 Å². The topological polar surface area (TPSA) is 163 Å². The second-order valence-electron chi connectivity index (χ2n) is 12.8. The summed E-state index contributed by atoms with van der Waals surface area (Å²) in [6.45, 7) is 13.6. The number of amides is 2. The zero-order valence-electron chi connectivity index (χ0n) is 26.7. The fraction of sp³-hybridized carbons (Fsp3) is 0.594. The van der Waals surface area contributed by atoms with Gasteiger partial charge in [-0.05, 0) is 68.8 Å². The smallest absolute Gasteiger partial charge is 0.319 e. The van der Waals surface area contributed by atoms with Crippen molar-refractivity contribution in [3.63, 3.8) is 0 Å². The van der Waals surface area contributed by atoms with Crippen LogP contribution in [0.2, 0.25) is 0 Å². The zero-order chi connectivity index (χ0) is 31.9. The summed E-state index contributed by atoms with van der Waals surface area (Å²) in [7, 11) is 0. The number of nitrogens with zero attached hydrogens (tertiary/aromatic N) is 4. The molecule has 3 heterocycles. The first-order chi connectivity index (χ1) is 21.0. The van der Waals surface area contributed by atoms with Crippen molar-refractivity contribution >= 4 is 28.6 Å². The molecule has 2 aromatic heterocycles. The second kappa shape index (κ2) is 15.1. The van der Waals surface area contributed by atoms with Crippen molar-refractivity contribution in [1.29, 1.82) is 0 Å². The summed E-state index contributed by atoms with van der Waals surface area (Å²) in [6.07, 6.45) is 2.29. The molecule has 0 radical (unpaired) electrons. The molecule has 0 saturated carbocycles. The van der Waals surface area contributed by atoms with Crippen LogP contribution in [0.25, 0.3) is 11.0 Å². The molecule has 1 saturated heterocycles. The van der Waals surface area contributed by atoms with Crippen LogP contribution in [-0.2, 0) is 10.2 Å². The van der Waals surface area contributed by atoms with Gasteiger partial charge in [-0.2, -0.15) is 0 Å². The molecule has 1 aliphatic rings. The summed E-state index contributed by atoms with van der Waals surface area (Å²) < 4.78 is 8.02. The number of hydrogen-bond donors (Lipinski definition) is 6. The molecule has 0 spiro atoms. The van der Waals surface area contributed by atoms with Crippen LogP contribution < -0.4 is 21.7 Å². The number of rotatable bonds is 14. The number of carbonyl (C=O) groups excluding carboxylic acids is 1. The SMILES string of the molecule is CC(C)N(CCCNC(=O)Nc1ccc(C(C)(C)C)cc1)C[C@H]1O[C@@H](n2ccc3c(NCCCCN)ncnc32)[C@@H](O)[C@H]1O. The van der Waals surface area contributed by atoms with Crippen LogP contribution in [0, 0.1) is 0 Å². The van der Waals surface area contributed by atoms with E-state index in [4.69, 9.17) is 10.5 Å². The Hall–Kier alpha value is -3.29. The minimum Gasteiger partial charge on any atom is -0.387 e. The summed E-state index contributed by atoms with van der Waals surface area (Å²) in [5.74, 6) is 0.710. The molecule has 2 amide bonds. The molecule has 3 aromatic rings. The van der Waals surface area contributed by atoms with Crippen molar-refractivity contribution < 1.29 is 19.7 Å². The summed E-state index contributed by atoms with van der Waals surface area (Å²) in [6, 6.07) is 9.71. The van der Waals surface area contributed by atoms with E-state index < -0.39 is 24.5 Å². The van der Waals surface area contributed by atoms with E-state index in [2.05, 4.69) is 65.4 Å². The molecule has 1 aromatic carbocycles. The predicted octanol–water partition coefficient (Wildman–Crippen LogP) is 3.42.